The van der Waals surface area contributed by atoms with E-state index in [1.807, 2.05) is 0 Å². The van der Waals surface area contributed by atoms with Crippen molar-refractivity contribution in [2.45, 2.75) is 26.3 Å². The Morgan fingerprint density at radius 3 is 2.67 bits per heavy atom. The molecule has 2 rings (SSSR count). The lowest BCUT2D eigenvalue weighted by atomic mass is 10.0. The lowest BCUT2D eigenvalue weighted by molar-refractivity contribution is 0.0130. The number of halogens is 2. The zero-order chi connectivity index (χ0) is 17.5. The van der Waals surface area contributed by atoms with Gasteiger partial charge in [0.05, 0.1) is 18.9 Å². The van der Waals surface area contributed by atoms with Crippen LogP contribution in [-0.2, 0) is 4.74 Å². The summed E-state index contributed by atoms with van der Waals surface area (Å²) in [6, 6.07) is 3.34. The molecule has 24 heavy (non-hydrogen) atoms. The number of hydrogen-bond acceptors (Lipinski definition) is 3. The van der Waals surface area contributed by atoms with Crippen molar-refractivity contribution >= 4 is 11.7 Å². The largest absolute Gasteiger partial charge is 0.379 e. The number of nitrogens with one attached hydrogen (secondary N) is 2. The number of morpholine rings is 1. The van der Waals surface area contributed by atoms with E-state index < -0.39 is 17.7 Å². The minimum atomic E-state index is -1.06. The molecule has 1 saturated heterocycles. The van der Waals surface area contributed by atoms with Crippen LogP contribution in [0.4, 0.5) is 19.3 Å². The molecular weight excluding hydrogens is 316 g/mol. The van der Waals surface area contributed by atoms with Crippen LogP contribution in [0.2, 0.25) is 0 Å². The molecule has 0 aromatic heterocycles. The van der Waals surface area contributed by atoms with Crippen LogP contribution in [0, 0.1) is 17.6 Å². The first-order chi connectivity index (χ1) is 11.5. The summed E-state index contributed by atoms with van der Waals surface area (Å²) in [4.78, 5) is 14.3. The number of amides is 2. The maximum absolute atomic E-state index is 13.6. The topological polar surface area (TPSA) is 53.6 Å². The molecule has 1 unspecified atom stereocenters. The Morgan fingerprint density at radius 2 is 2.00 bits per heavy atom. The van der Waals surface area contributed by atoms with Gasteiger partial charge >= 0.3 is 6.03 Å². The predicted molar refractivity (Wildman–Crippen MR) is 89.0 cm³/mol. The summed E-state index contributed by atoms with van der Waals surface area (Å²) in [7, 11) is 0. The molecule has 0 bridgehead atoms. The summed E-state index contributed by atoms with van der Waals surface area (Å²) in [5.74, 6) is -1.55. The van der Waals surface area contributed by atoms with Gasteiger partial charge in [0.25, 0.3) is 0 Å². The van der Waals surface area contributed by atoms with Gasteiger partial charge in [0.15, 0.2) is 11.6 Å². The van der Waals surface area contributed by atoms with Crippen LogP contribution in [0.25, 0.3) is 0 Å². The summed E-state index contributed by atoms with van der Waals surface area (Å²) < 4.78 is 32.1. The first-order valence-corrected chi connectivity index (χ1v) is 8.28. The van der Waals surface area contributed by atoms with Crippen molar-refractivity contribution in [1.29, 1.82) is 0 Å². The third-order valence-corrected chi connectivity index (χ3v) is 4.00. The summed E-state index contributed by atoms with van der Waals surface area (Å²) in [5, 5.41) is 5.11. The van der Waals surface area contributed by atoms with Crippen LogP contribution >= 0.6 is 0 Å². The van der Waals surface area contributed by atoms with E-state index >= 15 is 0 Å². The van der Waals surface area contributed by atoms with Gasteiger partial charge in [0.2, 0.25) is 0 Å². The molecule has 1 aliphatic rings. The Balaban J connectivity index is 1.90. The molecule has 1 heterocycles. The van der Waals surface area contributed by atoms with E-state index in [0.29, 0.717) is 25.7 Å². The Morgan fingerprint density at radius 1 is 1.29 bits per heavy atom. The molecule has 2 N–H and O–H groups in total. The quantitative estimate of drug-likeness (QED) is 0.837. The smallest absolute Gasteiger partial charge is 0.319 e. The Hall–Kier alpha value is -1.73. The van der Waals surface area contributed by atoms with E-state index in [0.717, 1.165) is 25.6 Å². The maximum atomic E-state index is 13.6. The van der Waals surface area contributed by atoms with Crippen molar-refractivity contribution in [3.63, 3.8) is 0 Å². The molecule has 5 nitrogen and oxygen atoms in total. The van der Waals surface area contributed by atoms with Crippen molar-refractivity contribution < 1.29 is 18.3 Å². The van der Waals surface area contributed by atoms with E-state index in [1.165, 1.54) is 12.1 Å². The molecule has 1 atom stereocenters. The van der Waals surface area contributed by atoms with Crippen LogP contribution in [0.1, 0.15) is 20.3 Å². The van der Waals surface area contributed by atoms with Crippen LogP contribution in [-0.4, -0.2) is 49.8 Å². The number of hydrogen-bond donors (Lipinski definition) is 2. The fourth-order valence-corrected chi connectivity index (χ4v) is 2.83. The third kappa shape index (κ3) is 5.42. The zero-order valence-electron chi connectivity index (χ0n) is 14.1. The van der Waals surface area contributed by atoms with Crippen LogP contribution < -0.4 is 10.6 Å². The monoisotopic (exact) mass is 341 g/mol. The molecule has 1 fully saturated rings. The van der Waals surface area contributed by atoms with E-state index in [1.54, 1.807) is 0 Å². The van der Waals surface area contributed by atoms with Crippen LogP contribution in [0.3, 0.4) is 0 Å². The molecule has 0 saturated carbocycles. The van der Waals surface area contributed by atoms with E-state index in [-0.39, 0.29) is 11.7 Å². The van der Waals surface area contributed by atoms with Crippen molar-refractivity contribution in [1.82, 2.24) is 10.2 Å². The van der Waals surface area contributed by atoms with Crippen molar-refractivity contribution in [3.05, 3.63) is 29.8 Å². The molecule has 7 heteroatoms. The molecule has 1 aliphatic heterocycles. The number of urea groups is 1. The van der Waals surface area contributed by atoms with Gasteiger partial charge in [-0.05, 0) is 24.5 Å². The number of nitrogens with zero attached hydrogens (tertiary/aromatic N) is 1. The van der Waals surface area contributed by atoms with E-state index in [4.69, 9.17) is 4.74 Å². The molecular formula is C17H25F2N3O2. The number of ether oxygens (including phenoxy) is 1. The predicted octanol–water partition coefficient (Wildman–Crippen LogP) is 2.83. The number of rotatable bonds is 6. The number of anilines is 1. The van der Waals surface area contributed by atoms with Gasteiger partial charge < -0.3 is 15.4 Å². The zero-order valence-corrected chi connectivity index (χ0v) is 14.1. The molecule has 0 aliphatic carbocycles. The SMILES string of the molecule is CC(C)CC(CNC(=O)Nc1cccc(F)c1F)N1CCOCC1. The van der Waals surface area contributed by atoms with Crippen LogP contribution in [0.15, 0.2) is 18.2 Å². The molecule has 134 valence electrons. The Labute approximate surface area is 141 Å². The van der Waals surface area contributed by atoms with E-state index in [2.05, 4.69) is 29.4 Å². The molecule has 0 radical (unpaired) electrons. The minimum absolute atomic E-state index is 0.167. The van der Waals surface area contributed by atoms with Crippen molar-refractivity contribution in [2.75, 3.05) is 38.2 Å². The van der Waals surface area contributed by atoms with E-state index in [9.17, 15) is 13.6 Å². The number of carbonyl (C=O) groups is 1. The fourth-order valence-electron chi connectivity index (χ4n) is 2.83. The number of benzene rings is 1. The highest BCUT2D eigenvalue weighted by atomic mass is 19.2. The minimum Gasteiger partial charge on any atom is -0.379 e. The summed E-state index contributed by atoms with van der Waals surface area (Å²) in [5.41, 5.74) is -0.167. The highest BCUT2D eigenvalue weighted by Gasteiger charge is 2.22. The van der Waals surface area contributed by atoms with Gasteiger partial charge in [-0.25, -0.2) is 13.6 Å². The summed E-state index contributed by atoms with van der Waals surface area (Å²) in [6.07, 6.45) is 0.939. The lowest BCUT2D eigenvalue weighted by Crippen LogP contribution is -2.49. The second kappa shape index (κ2) is 8.94. The Bertz CT molecular complexity index is 549. The summed E-state index contributed by atoms with van der Waals surface area (Å²) in [6.45, 7) is 7.76. The summed E-state index contributed by atoms with van der Waals surface area (Å²) >= 11 is 0. The fraction of sp³-hybridized carbons (Fsp3) is 0.588. The average molecular weight is 341 g/mol. The molecule has 1 aromatic carbocycles. The third-order valence-electron chi connectivity index (χ3n) is 4.00. The van der Waals surface area contributed by atoms with Crippen molar-refractivity contribution in [2.24, 2.45) is 5.92 Å². The number of carbonyl (C=O) groups excluding carboxylic acids is 1. The van der Waals surface area contributed by atoms with Gasteiger partial charge in [-0.3, -0.25) is 4.90 Å². The lowest BCUT2D eigenvalue weighted by Gasteiger charge is -2.35. The maximum Gasteiger partial charge on any atom is 0.319 e. The van der Waals surface area contributed by atoms with Crippen LogP contribution in [0.5, 0.6) is 0 Å². The van der Waals surface area contributed by atoms with Gasteiger partial charge in [-0.15, -0.1) is 0 Å². The average Bonchev–Trinajstić information content (AvgIpc) is 2.56. The van der Waals surface area contributed by atoms with Gasteiger partial charge in [-0.2, -0.15) is 0 Å². The first-order valence-electron chi connectivity index (χ1n) is 8.28. The molecule has 0 spiro atoms. The van der Waals surface area contributed by atoms with Crippen molar-refractivity contribution in [3.8, 4) is 0 Å². The second-order valence-corrected chi connectivity index (χ2v) is 6.37. The Kier molecular flexibility index (Phi) is 6.93. The second-order valence-electron chi connectivity index (χ2n) is 6.37. The normalized spacial score (nSPS) is 16.9. The molecule has 2 amide bonds. The first kappa shape index (κ1) is 18.6. The molecule has 1 aromatic rings. The highest BCUT2D eigenvalue weighted by molar-refractivity contribution is 5.89. The standard InChI is InChI=1S/C17H25F2N3O2/c1-12(2)10-13(22-6-8-24-9-7-22)11-20-17(23)21-15-5-3-4-14(18)16(15)19/h3-5,12-13H,6-11H2,1-2H3,(H2,20,21,23). The van der Waals surface area contributed by atoms with Gasteiger partial charge in [0, 0.05) is 25.7 Å². The van der Waals surface area contributed by atoms with Gasteiger partial charge in [0.1, 0.15) is 0 Å². The highest BCUT2D eigenvalue weighted by Crippen LogP contribution is 2.16. The van der Waals surface area contributed by atoms with Gasteiger partial charge in [-0.1, -0.05) is 19.9 Å².